The number of amides is 2. The third-order valence-corrected chi connectivity index (χ3v) is 10.7. The number of carbonyl (C=O) groups is 2. The van der Waals surface area contributed by atoms with Crippen LogP contribution < -0.4 is 9.80 Å². The Hall–Kier alpha value is -2.26. The van der Waals surface area contributed by atoms with Crippen molar-refractivity contribution in [1.29, 1.82) is 0 Å². The van der Waals surface area contributed by atoms with Crippen molar-refractivity contribution in [2.24, 2.45) is 5.92 Å². The van der Waals surface area contributed by atoms with Gasteiger partial charge in [0.1, 0.15) is 0 Å². The summed E-state index contributed by atoms with van der Waals surface area (Å²) in [5.41, 5.74) is 1.25. The lowest BCUT2D eigenvalue weighted by Gasteiger charge is -2.31. The highest BCUT2D eigenvalue weighted by Crippen LogP contribution is 2.60. The largest absolute Gasteiger partial charge is 0.396 e. The van der Waals surface area contributed by atoms with Crippen molar-refractivity contribution < 1.29 is 23.5 Å². The van der Waals surface area contributed by atoms with Gasteiger partial charge in [0.2, 0.25) is 14.3 Å². The summed E-state index contributed by atoms with van der Waals surface area (Å²) >= 11 is 6.39. The van der Waals surface area contributed by atoms with Crippen LogP contribution in [-0.4, -0.2) is 44.6 Å². The molecule has 1 N–H and O–H groups in total. The SMILES string of the molecule is C[C@H]1[C@H]([Si](C)(C)F)[C@@H](CCO)O[C@]12C(=O)N(Cc1cccc(N3CCCC3=O)c1)c1ccc(Cl)cc12. The zero-order chi connectivity index (χ0) is 25.8. The van der Waals surface area contributed by atoms with E-state index in [1.807, 2.05) is 37.3 Å². The van der Waals surface area contributed by atoms with Gasteiger partial charge in [-0.05, 0) is 61.8 Å². The van der Waals surface area contributed by atoms with Gasteiger partial charge in [-0.1, -0.05) is 30.7 Å². The normalized spacial score (nSPS) is 28.0. The Balaban J connectivity index is 1.55. The lowest BCUT2D eigenvalue weighted by atomic mass is 9.82. The molecule has 192 valence electrons. The van der Waals surface area contributed by atoms with Crippen molar-refractivity contribution in [3.63, 3.8) is 0 Å². The molecule has 0 bridgehead atoms. The maximum atomic E-state index is 15.6. The molecule has 5 rings (SSSR count). The minimum absolute atomic E-state index is 0.107. The van der Waals surface area contributed by atoms with E-state index in [4.69, 9.17) is 16.3 Å². The molecule has 0 aliphatic carbocycles. The number of fused-ring (bicyclic) bond motifs is 2. The minimum Gasteiger partial charge on any atom is -0.396 e. The van der Waals surface area contributed by atoms with E-state index in [1.54, 1.807) is 35.0 Å². The van der Waals surface area contributed by atoms with Gasteiger partial charge in [-0.15, -0.1) is 0 Å². The van der Waals surface area contributed by atoms with Crippen molar-refractivity contribution in [3.05, 3.63) is 58.6 Å². The third kappa shape index (κ3) is 3.99. The number of carbonyl (C=O) groups excluding carboxylic acids is 2. The number of anilines is 2. The summed E-state index contributed by atoms with van der Waals surface area (Å²) in [6.45, 7) is 6.01. The average Bonchev–Trinajstić information content (AvgIpc) is 3.44. The van der Waals surface area contributed by atoms with Gasteiger partial charge >= 0.3 is 0 Å². The number of hydrogen-bond donors (Lipinski definition) is 1. The number of hydrogen-bond acceptors (Lipinski definition) is 4. The number of ether oxygens (including phenoxy) is 1. The molecule has 2 aromatic carbocycles. The van der Waals surface area contributed by atoms with E-state index in [1.165, 1.54) is 0 Å². The zero-order valence-corrected chi connectivity index (χ0v) is 22.6. The van der Waals surface area contributed by atoms with Crippen LogP contribution in [0.1, 0.15) is 37.3 Å². The molecule has 2 aromatic rings. The smallest absolute Gasteiger partial charge is 0.264 e. The Morgan fingerprint density at radius 1 is 1.22 bits per heavy atom. The summed E-state index contributed by atoms with van der Waals surface area (Å²) in [7, 11) is -3.25. The van der Waals surface area contributed by atoms with Crippen LogP contribution >= 0.6 is 11.6 Å². The maximum absolute atomic E-state index is 15.6. The standard InChI is InChI=1S/C27H32ClFN2O4Si/c1-17-25(36(2,3)29)23(11-13-32)35-27(17)21-15-19(28)9-10-22(21)31(26(27)34)16-18-6-4-7-20(14-18)30-12-5-8-24(30)33/h4,6-7,9-10,14-15,17,23,25,32H,5,8,11-13,16H2,1-3H3/t17-,23+,25-,27+/m0/s1. The molecule has 0 unspecified atom stereocenters. The summed E-state index contributed by atoms with van der Waals surface area (Å²) < 4.78 is 22.1. The van der Waals surface area contributed by atoms with E-state index >= 15 is 4.11 Å². The van der Waals surface area contributed by atoms with Gasteiger partial charge in [0.25, 0.3) is 5.91 Å². The van der Waals surface area contributed by atoms with Crippen molar-refractivity contribution in [2.75, 3.05) is 23.0 Å². The van der Waals surface area contributed by atoms with E-state index in [0.717, 1.165) is 17.7 Å². The van der Waals surface area contributed by atoms with E-state index < -0.39 is 31.6 Å². The molecule has 0 saturated carbocycles. The molecule has 6 nitrogen and oxygen atoms in total. The Kier molecular flexibility index (Phi) is 6.52. The van der Waals surface area contributed by atoms with Crippen LogP contribution in [0.4, 0.5) is 15.5 Å². The van der Waals surface area contributed by atoms with Crippen LogP contribution in [0.25, 0.3) is 0 Å². The highest BCUT2D eigenvalue weighted by molar-refractivity contribution is 6.72. The quantitative estimate of drug-likeness (QED) is 0.413. The molecule has 3 aliphatic rings. The van der Waals surface area contributed by atoms with Gasteiger partial charge in [0.05, 0.1) is 18.3 Å². The molecular weight excluding hydrogens is 499 g/mol. The molecule has 4 atom stereocenters. The van der Waals surface area contributed by atoms with Crippen LogP contribution in [0, 0.1) is 5.92 Å². The van der Waals surface area contributed by atoms with E-state index in [-0.39, 0.29) is 31.4 Å². The molecule has 9 heteroatoms. The number of aliphatic hydroxyl groups is 1. The molecule has 3 aliphatic heterocycles. The predicted molar refractivity (Wildman–Crippen MR) is 140 cm³/mol. The van der Waals surface area contributed by atoms with E-state index in [9.17, 15) is 14.7 Å². The summed E-state index contributed by atoms with van der Waals surface area (Å²) in [6, 6.07) is 13.0. The Bertz CT molecular complexity index is 1200. The first kappa shape index (κ1) is 25.4. The molecule has 1 spiro atoms. The predicted octanol–water partition coefficient (Wildman–Crippen LogP) is 5.17. The molecule has 0 radical (unpaired) electrons. The Morgan fingerprint density at radius 3 is 2.67 bits per heavy atom. The van der Waals surface area contributed by atoms with Crippen LogP contribution in [-0.2, 0) is 26.5 Å². The van der Waals surface area contributed by atoms with Crippen LogP contribution in [0.3, 0.4) is 0 Å². The molecule has 2 fully saturated rings. The highest BCUT2D eigenvalue weighted by atomic mass is 35.5. The molecule has 2 saturated heterocycles. The monoisotopic (exact) mass is 530 g/mol. The second-order valence-electron chi connectivity index (χ2n) is 10.7. The van der Waals surface area contributed by atoms with Gasteiger partial charge in [0, 0.05) is 47.3 Å². The Morgan fingerprint density at radius 2 is 2.00 bits per heavy atom. The average molecular weight is 531 g/mol. The molecule has 0 aromatic heterocycles. The van der Waals surface area contributed by atoms with Crippen molar-refractivity contribution in [1.82, 2.24) is 0 Å². The summed E-state index contributed by atoms with van der Waals surface area (Å²) in [4.78, 5) is 30.0. The van der Waals surface area contributed by atoms with E-state index in [0.29, 0.717) is 29.2 Å². The fourth-order valence-electron chi connectivity index (χ4n) is 6.50. The highest BCUT2D eigenvalue weighted by Gasteiger charge is 2.66. The topological polar surface area (TPSA) is 70.1 Å². The second kappa shape index (κ2) is 9.24. The Labute approximate surface area is 217 Å². The van der Waals surface area contributed by atoms with Crippen LogP contribution in [0.2, 0.25) is 23.7 Å². The lowest BCUT2D eigenvalue weighted by molar-refractivity contribution is -0.146. The molecule has 36 heavy (non-hydrogen) atoms. The van der Waals surface area contributed by atoms with Crippen molar-refractivity contribution in [3.8, 4) is 0 Å². The number of aliphatic hydroxyl groups excluding tert-OH is 1. The van der Waals surface area contributed by atoms with Gasteiger partial charge in [0.15, 0.2) is 5.60 Å². The van der Waals surface area contributed by atoms with Crippen molar-refractivity contribution in [2.45, 2.75) is 63.1 Å². The second-order valence-corrected chi connectivity index (χ2v) is 14.9. The fraction of sp³-hybridized carbons (Fsp3) is 0.481. The zero-order valence-electron chi connectivity index (χ0n) is 20.8. The van der Waals surface area contributed by atoms with Gasteiger partial charge in [-0.2, -0.15) is 0 Å². The first-order valence-electron chi connectivity index (χ1n) is 12.6. The molecule has 2 amide bonds. The third-order valence-electron chi connectivity index (χ3n) is 7.97. The first-order chi connectivity index (χ1) is 17.1. The van der Waals surface area contributed by atoms with Crippen molar-refractivity contribution >= 4 is 43.2 Å². The van der Waals surface area contributed by atoms with Gasteiger partial charge in [-0.25, -0.2) is 0 Å². The lowest BCUT2D eigenvalue weighted by Crippen LogP contribution is -2.45. The molecular formula is C27H32ClFN2O4Si. The van der Waals surface area contributed by atoms with E-state index in [2.05, 4.69) is 0 Å². The molecule has 3 heterocycles. The maximum Gasteiger partial charge on any atom is 0.264 e. The number of rotatable bonds is 6. The number of nitrogens with zero attached hydrogens (tertiary/aromatic N) is 2. The first-order valence-corrected chi connectivity index (χ1v) is 15.9. The van der Waals surface area contributed by atoms with Gasteiger partial charge < -0.3 is 23.8 Å². The van der Waals surface area contributed by atoms with Crippen LogP contribution in [0.15, 0.2) is 42.5 Å². The van der Waals surface area contributed by atoms with Crippen LogP contribution in [0.5, 0.6) is 0 Å². The summed E-state index contributed by atoms with van der Waals surface area (Å²) in [5, 5.41) is 10.2. The minimum atomic E-state index is -3.25. The van der Waals surface area contributed by atoms with Gasteiger partial charge in [-0.3, -0.25) is 9.59 Å². The number of benzene rings is 2. The summed E-state index contributed by atoms with van der Waals surface area (Å²) in [6.07, 6.45) is 1.10. The summed E-state index contributed by atoms with van der Waals surface area (Å²) in [5.74, 6) is -0.557. The number of halogens is 2. The fourth-order valence-corrected chi connectivity index (χ4v) is 9.21.